The first kappa shape index (κ1) is 33.1. The molecule has 3 aromatic rings. The molecule has 11 heteroatoms. The zero-order chi connectivity index (χ0) is 33.1. The topological polar surface area (TPSA) is 95.8 Å². The van der Waals surface area contributed by atoms with Crippen LogP contribution in [0.2, 0.25) is 0 Å². The Morgan fingerprint density at radius 2 is 1.79 bits per heavy atom. The zero-order valence-electron chi connectivity index (χ0n) is 28.3. The van der Waals surface area contributed by atoms with Gasteiger partial charge in [0.05, 0.1) is 40.5 Å². The Labute approximate surface area is 282 Å². The molecule has 7 rings (SSSR count). The number of aromatic nitrogens is 3. The fraction of sp³-hybridized carbons (Fsp3) is 0.500. The van der Waals surface area contributed by atoms with Crippen molar-refractivity contribution in [2.45, 2.75) is 70.4 Å². The molecule has 1 saturated carbocycles. The highest BCUT2D eigenvalue weighted by Gasteiger charge is 2.34. The summed E-state index contributed by atoms with van der Waals surface area (Å²) in [5, 5.41) is 7.56. The molecule has 4 aliphatic rings. The van der Waals surface area contributed by atoms with Crippen LogP contribution in [0.5, 0.6) is 5.75 Å². The zero-order valence-corrected chi connectivity index (χ0v) is 29.1. The van der Waals surface area contributed by atoms with E-state index in [1.807, 2.05) is 47.1 Å². The second kappa shape index (κ2) is 14.5. The molecule has 0 radical (unpaired) electrons. The largest absolute Gasteiger partial charge is 0.496 e. The number of nitrogens with zero attached hydrogens (tertiary/aromatic N) is 6. The number of allylic oxidation sites excluding steroid dienone is 1. The summed E-state index contributed by atoms with van der Waals surface area (Å²) in [6.45, 7) is 3.04. The fourth-order valence-electron chi connectivity index (χ4n) is 7.34. The molecule has 2 aromatic heterocycles. The van der Waals surface area contributed by atoms with Crippen LogP contribution in [0, 0.1) is 0 Å². The lowest BCUT2D eigenvalue weighted by Gasteiger charge is -2.39. The molecule has 10 nitrogen and oxygen atoms in total. The van der Waals surface area contributed by atoms with Crippen molar-refractivity contribution in [3.05, 3.63) is 65.2 Å². The van der Waals surface area contributed by atoms with Crippen molar-refractivity contribution in [3.8, 4) is 22.7 Å². The van der Waals surface area contributed by atoms with Crippen LogP contribution >= 0.6 is 11.8 Å². The number of benzene rings is 1. The van der Waals surface area contributed by atoms with Crippen molar-refractivity contribution in [2.75, 3.05) is 47.2 Å². The van der Waals surface area contributed by atoms with Gasteiger partial charge in [-0.3, -0.25) is 14.6 Å². The molecule has 0 spiro atoms. The summed E-state index contributed by atoms with van der Waals surface area (Å²) in [6, 6.07) is 11.2. The number of carbonyl (C=O) groups excluding carboxylic acids is 2. The minimum Gasteiger partial charge on any atom is -0.496 e. The number of carbonyl (C=O) groups is 2. The number of methoxy groups -OCH3 is 1. The van der Waals surface area contributed by atoms with Gasteiger partial charge >= 0.3 is 0 Å². The minimum atomic E-state index is 0.00463. The third-order valence-electron chi connectivity index (χ3n) is 10.1. The summed E-state index contributed by atoms with van der Waals surface area (Å²) in [5.74, 6) is 1.60. The van der Waals surface area contributed by atoms with E-state index in [2.05, 4.69) is 44.9 Å². The molecule has 1 saturated heterocycles. The van der Waals surface area contributed by atoms with Crippen molar-refractivity contribution in [1.29, 1.82) is 0 Å². The van der Waals surface area contributed by atoms with E-state index in [-0.39, 0.29) is 11.8 Å². The van der Waals surface area contributed by atoms with E-state index < -0.39 is 0 Å². The second-order valence-corrected chi connectivity index (χ2v) is 13.8. The van der Waals surface area contributed by atoms with Gasteiger partial charge in [0.2, 0.25) is 5.91 Å². The van der Waals surface area contributed by atoms with Gasteiger partial charge in [-0.1, -0.05) is 12.8 Å². The number of fused-ring (bicyclic) bond motifs is 2. The SMILES string of the molecule is CNC(C)=O.COc1cc(-n2nc(-c3cccnc3)c3c2C2=C(CC3)N(C)CS2)ccc1C(=O)N1CCC(N(C)C2CCCC2)CC1. The minimum absolute atomic E-state index is 0.00463. The van der Waals surface area contributed by atoms with Gasteiger partial charge in [0.15, 0.2) is 0 Å². The highest BCUT2D eigenvalue weighted by molar-refractivity contribution is 8.08. The van der Waals surface area contributed by atoms with Crippen LogP contribution in [-0.2, 0) is 11.2 Å². The van der Waals surface area contributed by atoms with Gasteiger partial charge in [-0.25, -0.2) is 4.68 Å². The number of hydrogen-bond donors (Lipinski definition) is 1. The maximum absolute atomic E-state index is 13.8. The van der Waals surface area contributed by atoms with Crippen molar-refractivity contribution in [3.63, 3.8) is 0 Å². The van der Waals surface area contributed by atoms with E-state index in [9.17, 15) is 9.59 Å². The van der Waals surface area contributed by atoms with Crippen LogP contribution in [0.15, 0.2) is 48.4 Å². The first-order valence-corrected chi connectivity index (χ1v) is 17.8. The highest BCUT2D eigenvalue weighted by Crippen LogP contribution is 2.48. The number of piperidine rings is 1. The summed E-state index contributed by atoms with van der Waals surface area (Å²) in [6.07, 6.45) is 13.0. The Hall–Kier alpha value is -3.83. The van der Waals surface area contributed by atoms with E-state index in [1.165, 1.54) is 48.8 Å². The number of ether oxygens (including phenoxy) is 1. The van der Waals surface area contributed by atoms with Crippen LogP contribution in [0.4, 0.5) is 0 Å². The van der Waals surface area contributed by atoms with Crippen molar-refractivity contribution in [2.24, 2.45) is 0 Å². The molecule has 2 fully saturated rings. The number of thioether (sulfide) groups is 1. The van der Waals surface area contributed by atoms with Crippen molar-refractivity contribution in [1.82, 2.24) is 34.8 Å². The lowest BCUT2D eigenvalue weighted by Crippen LogP contribution is -2.48. The molecule has 2 aliphatic heterocycles. The molecule has 1 aromatic carbocycles. The van der Waals surface area contributed by atoms with Crippen LogP contribution < -0.4 is 10.1 Å². The van der Waals surface area contributed by atoms with Crippen molar-refractivity contribution < 1.29 is 14.3 Å². The maximum Gasteiger partial charge on any atom is 0.257 e. The Morgan fingerprint density at radius 1 is 1.06 bits per heavy atom. The molecule has 1 N–H and O–H groups in total. The van der Waals surface area contributed by atoms with Crippen LogP contribution in [-0.4, -0.2) is 101 Å². The first-order valence-electron chi connectivity index (χ1n) is 16.8. The number of amides is 2. The lowest BCUT2D eigenvalue weighted by atomic mass is 9.96. The van der Waals surface area contributed by atoms with E-state index >= 15 is 0 Å². The van der Waals surface area contributed by atoms with Crippen LogP contribution in [0.3, 0.4) is 0 Å². The van der Waals surface area contributed by atoms with Crippen LogP contribution in [0.25, 0.3) is 21.8 Å². The van der Waals surface area contributed by atoms with E-state index in [0.717, 1.165) is 67.3 Å². The van der Waals surface area contributed by atoms with Gasteiger partial charge in [0.25, 0.3) is 5.91 Å². The van der Waals surface area contributed by atoms with Gasteiger partial charge < -0.3 is 24.8 Å². The normalized spacial score (nSPS) is 18.2. The number of nitrogens with one attached hydrogen (secondary N) is 1. The van der Waals surface area contributed by atoms with E-state index in [1.54, 1.807) is 20.4 Å². The molecular formula is C36H47N7O3S. The second-order valence-electron chi connectivity index (χ2n) is 12.9. The quantitative estimate of drug-likeness (QED) is 0.376. The van der Waals surface area contributed by atoms with Gasteiger partial charge in [0, 0.05) is 81.5 Å². The lowest BCUT2D eigenvalue weighted by molar-refractivity contribution is -0.118. The molecule has 2 amide bonds. The average molecular weight is 658 g/mol. The highest BCUT2D eigenvalue weighted by atomic mass is 32.2. The maximum atomic E-state index is 13.8. The summed E-state index contributed by atoms with van der Waals surface area (Å²) < 4.78 is 7.91. The van der Waals surface area contributed by atoms with Gasteiger partial charge in [0.1, 0.15) is 5.75 Å². The van der Waals surface area contributed by atoms with Gasteiger partial charge in [-0.05, 0) is 69.8 Å². The standard InChI is InChI=1S/C33H40N6O2S.C3H7NO/c1-36-21-42-32-28(36)13-12-27-30(22-7-6-16-34-20-22)35-39(31(27)32)25-10-11-26(29(19-25)41-3)33(40)38-17-14-24(15-18-38)37(2)23-8-4-5-9-23;1-3(5)4-2/h6-7,10-11,16,19-20,23-24H,4-5,8-9,12-15,17-18,21H2,1-3H3;1-2H3,(H,4,5). The summed E-state index contributed by atoms with van der Waals surface area (Å²) >= 11 is 1.87. The predicted octanol–water partition coefficient (Wildman–Crippen LogP) is 5.43. The van der Waals surface area contributed by atoms with Gasteiger partial charge in [-0.15, -0.1) is 11.8 Å². The summed E-state index contributed by atoms with van der Waals surface area (Å²) in [5.41, 5.74) is 7.31. The predicted molar refractivity (Wildman–Crippen MR) is 187 cm³/mol. The summed E-state index contributed by atoms with van der Waals surface area (Å²) in [4.78, 5) is 36.1. The average Bonchev–Trinajstić information content (AvgIpc) is 3.87. The number of rotatable bonds is 6. The van der Waals surface area contributed by atoms with Crippen LogP contribution in [0.1, 0.15) is 73.5 Å². The number of pyridine rings is 1. The molecule has 2 aliphatic carbocycles. The molecule has 250 valence electrons. The molecule has 0 atom stereocenters. The summed E-state index contributed by atoms with van der Waals surface area (Å²) in [7, 11) is 7.71. The molecule has 4 heterocycles. The Kier molecular flexibility index (Phi) is 10.2. The first-order chi connectivity index (χ1) is 22.8. The Bertz CT molecular complexity index is 1620. The smallest absolute Gasteiger partial charge is 0.257 e. The molecular weight excluding hydrogens is 611 g/mol. The third-order valence-corrected chi connectivity index (χ3v) is 11.3. The third kappa shape index (κ3) is 6.78. The molecule has 0 unspecified atom stereocenters. The monoisotopic (exact) mass is 657 g/mol. The molecule has 0 bridgehead atoms. The molecule has 47 heavy (non-hydrogen) atoms. The fourth-order valence-corrected chi connectivity index (χ4v) is 8.58. The number of likely N-dealkylation sites (tertiary alicyclic amines) is 1. The van der Waals surface area contributed by atoms with E-state index in [0.29, 0.717) is 23.4 Å². The Balaban J connectivity index is 0.000000720. The number of hydrogen-bond acceptors (Lipinski definition) is 8. The van der Waals surface area contributed by atoms with E-state index in [4.69, 9.17) is 9.84 Å². The van der Waals surface area contributed by atoms with Gasteiger partial charge in [-0.2, -0.15) is 5.10 Å². The van der Waals surface area contributed by atoms with Crippen molar-refractivity contribution >= 4 is 28.5 Å². The Morgan fingerprint density at radius 3 is 2.45 bits per heavy atom.